The fraction of sp³-hybridized carbons (Fsp3) is 0.125. The van der Waals surface area contributed by atoms with Crippen LogP contribution in [0.1, 0.15) is 5.56 Å². The second-order valence-corrected chi connectivity index (χ2v) is 2.24. The third-order valence-electron chi connectivity index (χ3n) is 1.25. The minimum atomic E-state index is -4.80. The summed E-state index contributed by atoms with van der Waals surface area (Å²) in [5.41, 5.74) is 0.0971. The zero-order valence-corrected chi connectivity index (χ0v) is 6.43. The van der Waals surface area contributed by atoms with Crippen LogP contribution >= 0.6 is 0 Å². The Hall–Kier alpha value is -1.52. The van der Waals surface area contributed by atoms with Crippen LogP contribution in [0.25, 0.3) is 0 Å². The lowest BCUT2D eigenvalue weighted by molar-refractivity contribution is -0.283. The molecule has 0 heterocycles. The predicted octanol–water partition coefficient (Wildman–Crippen LogP) is 2.55. The maximum Gasteiger partial charge on any atom is 0.574 e. The topological polar surface area (TPSA) is 33.1 Å². The van der Waals surface area contributed by atoms with E-state index in [0.717, 1.165) is 0 Å². The largest absolute Gasteiger partial charge is 0.574 e. The summed E-state index contributed by atoms with van der Waals surface area (Å²) in [4.78, 5) is 0. The third kappa shape index (κ3) is 3.14. The molecule has 0 aliphatic carbocycles. The van der Waals surface area contributed by atoms with Crippen LogP contribution in [0.3, 0.4) is 0 Å². The molecule has 0 aliphatic heterocycles. The van der Waals surface area contributed by atoms with Gasteiger partial charge in [0.1, 0.15) is 0 Å². The summed E-state index contributed by atoms with van der Waals surface area (Å²) in [6.45, 7) is 0. The molecule has 1 aromatic rings. The van der Waals surface area contributed by atoms with Crippen molar-refractivity contribution < 1.29 is 17.9 Å². The molecule has 0 saturated heterocycles. The van der Waals surface area contributed by atoms with Gasteiger partial charge < -0.3 is 4.74 Å². The van der Waals surface area contributed by atoms with Gasteiger partial charge in [-0.1, -0.05) is 18.2 Å². The SMILES string of the molecule is N=C(OC(F)(F)F)c1ccccc1. The Balaban J connectivity index is 2.71. The molecule has 70 valence electrons. The minimum absolute atomic E-state index is 0.0971. The van der Waals surface area contributed by atoms with E-state index in [9.17, 15) is 13.2 Å². The first-order valence-corrected chi connectivity index (χ1v) is 3.39. The molecule has 1 N–H and O–H groups in total. The molecule has 0 unspecified atom stereocenters. The van der Waals surface area contributed by atoms with Gasteiger partial charge in [-0.3, -0.25) is 5.41 Å². The smallest absolute Gasteiger partial charge is 0.388 e. The molecule has 1 rings (SSSR count). The normalized spacial score (nSPS) is 11.0. The van der Waals surface area contributed by atoms with Gasteiger partial charge in [0.05, 0.1) is 0 Å². The molecule has 0 spiro atoms. The van der Waals surface area contributed by atoms with Crippen LogP contribution in [-0.2, 0) is 4.74 Å². The van der Waals surface area contributed by atoms with Gasteiger partial charge in [0, 0.05) is 5.56 Å². The fourth-order valence-corrected chi connectivity index (χ4v) is 0.764. The van der Waals surface area contributed by atoms with Crippen LogP contribution in [0, 0.1) is 5.41 Å². The summed E-state index contributed by atoms with van der Waals surface area (Å²) >= 11 is 0. The lowest BCUT2D eigenvalue weighted by Crippen LogP contribution is -2.19. The Labute approximate surface area is 72.5 Å². The highest BCUT2D eigenvalue weighted by molar-refractivity contribution is 5.91. The maximum atomic E-state index is 11.6. The van der Waals surface area contributed by atoms with Crippen molar-refractivity contribution in [3.63, 3.8) is 0 Å². The summed E-state index contributed by atoms with van der Waals surface area (Å²) in [5.74, 6) is -0.895. The van der Waals surface area contributed by atoms with Gasteiger partial charge in [0.15, 0.2) is 0 Å². The zero-order valence-electron chi connectivity index (χ0n) is 6.43. The monoisotopic (exact) mass is 189 g/mol. The molecule has 2 nitrogen and oxygen atoms in total. The highest BCUT2D eigenvalue weighted by Crippen LogP contribution is 2.18. The number of rotatable bonds is 1. The van der Waals surface area contributed by atoms with Crippen molar-refractivity contribution in [3.8, 4) is 0 Å². The summed E-state index contributed by atoms with van der Waals surface area (Å²) in [7, 11) is 0. The number of alkyl halides is 3. The van der Waals surface area contributed by atoms with Crippen molar-refractivity contribution >= 4 is 5.90 Å². The van der Waals surface area contributed by atoms with Gasteiger partial charge >= 0.3 is 6.36 Å². The average molecular weight is 189 g/mol. The zero-order chi connectivity index (χ0) is 9.90. The lowest BCUT2D eigenvalue weighted by atomic mass is 10.2. The summed E-state index contributed by atoms with van der Waals surface area (Å²) in [6, 6.07) is 7.44. The first kappa shape index (κ1) is 9.57. The minimum Gasteiger partial charge on any atom is -0.388 e. The molecule has 5 heteroatoms. The fourth-order valence-electron chi connectivity index (χ4n) is 0.764. The molecule has 0 fully saturated rings. The van der Waals surface area contributed by atoms with E-state index in [0.29, 0.717) is 0 Å². The van der Waals surface area contributed by atoms with E-state index in [1.54, 1.807) is 6.07 Å². The van der Waals surface area contributed by atoms with Crippen molar-refractivity contribution in [2.24, 2.45) is 0 Å². The van der Waals surface area contributed by atoms with Gasteiger partial charge in [-0.25, -0.2) is 0 Å². The summed E-state index contributed by atoms with van der Waals surface area (Å²) in [6.07, 6.45) is -4.80. The standard InChI is InChI=1S/C8H6F3NO/c9-8(10,11)13-7(12)6-4-2-1-3-5-6/h1-5,12H. The van der Waals surface area contributed by atoms with E-state index in [-0.39, 0.29) is 5.56 Å². The van der Waals surface area contributed by atoms with E-state index in [1.807, 2.05) is 0 Å². The van der Waals surface area contributed by atoms with Gasteiger partial charge in [-0.05, 0) is 12.1 Å². The quantitative estimate of drug-likeness (QED) is 0.534. The molecule has 0 aliphatic rings. The number of ether oxygens (including phenoxy) is 1. The van der Waals surface area contributed by atoms with Gasteiger partial charge in [0.2, 0.25) is 5.90 Å². The first-order valence-electron chi connectivity index (χ1n) is 3.39. The maximum absolute atomic E-state index is 11.6. The molecule has 0 saturated carbocycles. The van der Waals surface area contributed by atoms with Crippen molar-refractivity contribution in [1.29, 1.82) is 5.41 Å². The molecular formula is C8H6F3NO. The summed E-state index contributed by atoms with van der Waals surface area (Å²) < 4.78 is 38.3. The molecule has 1 aromatic carbocycles. The number of hydrogen-bond donors (Lipinski definition) is 1. The highest BCUT2D eigenvalue weighted by Gasteiger charge is 2.32. The van der Waals surface area contributed by atoms with Crippen LogP contribution in [0.4, 0.5) is 13.2 Å². The third-order valence-corrected chi connectivity index (χ3v) is 1.25. The molecule has 0 amide bonds. The Morgan fingerprint density at radius 1 is 1.15 bits per heavy atom. The molecule has 0 radical (unpaired) electrons. The van der Waals surface area contributed by atoms with E-state index in [2.05, 4.69) is 4.74 Å². The Morgan fingerprint density at radius 3 is 2.15 bits per heavy atom. The average Bonchev–Trinajstić information content (AvgIpc) is 2.03. The van der Waals surface area contributed by atoms with E-state index in [4.69, 9.17) is 5.41 Å². The lowest BCUT2D eigenvalue weighted by Gasteiger charge is -2.08. The summed E-state index contributed by atoms with van der Waals surface area (Å²) in [5, 5.41) is 6.94. The van der Waals surface area contributed by atoms with E-state index < -0.39 is 12.3 Å². The first-order chi connectivity index (χ1) is 5.99. The number of hydrogen-bond acceptors (Lipinski definition) is 2. The predicted molar refractivity (Wildman–Crippen MR) is 40.4 cm³/mol. The highest BCUT2D eigenvalue weighted by atomic mass is 19.4. The van der Waals surface area contributed by atoms with Crippen LogP contribution in [0.5, 0.6) is 0 Å². The van der Waals surface area contributed by atoms with Gasteiger partial charge in [-0.15, -0.1) is 13.2 Å². The van der Waals surface area contributed by atoms with E-state index in [1.165, 1.54) is 24.3 Å². The van der Waals surface area contributed by atoms with Gasteiger partial charge in [0.25, 0.3) is 0 Å². The Kier molecular flexibility index (Phi) is 2.55. The molecule has 13 heavy (non-hydrogen) atoms. The van der Waals surface area contributed by atoms with Crippen LogP contribution in [0.15, 0.2) is 30.3 Å². The number of nitrogens with one attached hydrogen (secondary N) is 1. The van der Waals surface area contributed by atoms with Crippen molar-refractivity contribution in [1.82, 2.24) is 0 Å². The second kappa shape index (κ2) is 3.47. The molecular weight excluding hydrogens is 183 g/mol. The molecule has 0 bridgehead atoms. The van der Waals surface area contributed by atoms with Crippen molar-refractivity contribution in [2.45, 2.75) is 6.36 Å². The van der Waals surface area contributed by atoms with Crippen molar-refractivity contribution in [3.05, 3.63) is 35.9 Å². The van der Waals surface area contributed by atoms with Crippen LogP contribution < -0.4 is 0 Å². The van der Waals surface area contributed by atoms with Crippen LogP contribution in [-0.4, -0.2) is 12.3 Å². The Morgan fingerprint density at radius 2 is 1.69 bits per heavy atom. The number of halogens is 3. The number of benzene rings is 1. The van der Waals surface area contributed by atoms with Gasteiger partial charge in [-0.2, -0.15) is 0 Å². The second-order valence-electron chi connectivity index (χ2n) is 2.24. The van der Waals surface area contributed by atoms with Crippen molar-refractivity contribution in [2.75, 3.05) is 0 Å². The Bertz CT molecular complexity index is 294. The molecule has 0 aromatic heterocycles. The van der Waals surface area contributed by atoms with E-state index >= 15 is 0 Å². The molecule has 0 atom stereocenters. The van der Waals surface area contributed by atoms with Crippen LogP contribution in [0.2, 0.25) is 0 Å².